The second-order valence-corrected chi connectivity index (χ2v) is 13.7. The van der Waals surface area contributed by atoms with Gasteiger partial charge in [-0.25, -0.2) is 8.78 Å². The quantitative estimate of drug-likeness (QED) is 0.265. The van der Waals surface area contributed by atoms with Crippen LogP contribution in [0, 0.1) is 5.82 Å². The van der Waals surface area contributed by atoms with Gasteiger partial charge < -0.3 is 15.0 Å². The van der Waals surface area contributed by atoms with Crippen LogP contribution in [0.2, 0.25) is 10.0 Å². The number of anilines is 1. The van der Waals surface area contributed by atoms with Crippen molar-refractivity contribution in [1.29, 1.82) is 0 Å². The molecule has 6 nitrogen and oxygen atoms in total. The lowest BCUT2D eigenvalue weighted by Crippen LogP contribution is -2.51. The van der Waals surface area contributed by atoms with E-state index in [1.54, 1.807) is 6.07 Å². The number of piperazine rings is 1. The number of nitrogens with one attached hydrogen (secondary N) is 1. The Balaban J connectivity index is 1.27. The number of fused-ring (bicyclic) bond motifs is 5. The largest absolute Gasteiger partial charge is 0.461 e. The lowest BCUT2D eigenvalue weighted by molar-refractivity contribution is 0.107. The van der Waals surface area contributed by atoms with E-state index in [4.69, 9.17) is 32.9 Å². The molecule has 4 aromatic rings. The van der Waals surface area contributed by atoms with Crippen LogP contribution in [-0.4, -0.2) is 71.4 Å². The van der Waals surface area contributed by atoms with E-state index in [0.29, 0.717) is 46.8 Å². The molecule has 2 aromatic carbocycles. The van der Waals surface area contributed by atoms with Crippen molar-refractivity contribution in [2.45, 2.75) is 55.9 Å². The molecular weight excluding hydrogens is 587 g/mol. The molecule has 2 unspecified atom stereocenters. The molecule has 11 heteroatoms. The fourth-order valence-electron chi connectivity index (χ4n) is 7.59. The SMILES string of the molecule is Fc1c(-c2cccc3scc(Cl)c23)c(Cl)cc2c(N3CC4CCC(C3)N4)nc(OC[C@@]34CCCN3C[C@H](F)C4)nc12. The molecule has 4 atom stereocenters. The summed E-state index contributed by atoms with van der Waals surface area (Å²) >= 11 is 14.9. The van der Waals surface area contributed by atoms with Gasteiger partial charge in [0, 0.05) is 64.6 Å². The van der Waals surface area contributed by atoms with E-state index < -0.39 is 12.0 Å². The van der Waals surface area contributed by atoms with Gasteiger partial charge in [-0.15, -0.1) is 11.3 Å². The summed E-state index contributed by atoms with van der Waals surface area (Å²) in [5.74, 6) is 0.0947. The van der Waals surface area contributed by atoms with Crippen LogP contribution in [0.5, 0.6) is 6.01 Å². The van der Waals surface area contributed by atoms with Crippen molar-refractivity contribution in [1.82, 2.24) is 20.2 Å². The summed E-state index contributed by atoms with van der Waals surface area (Å²) in [7, 11) is 0. The number of alkyl halides is 1. The van der Waals surface area contributed by atoms with Gasteiger partial charge in [0.25, 0.3) is 0 Å². The molecule has 0 aliphatic carbocycles. The number of nitrogens with zero attached hydrogens (tertiary/aromatic N) is 4. The normalized spacial score (nSPS) is 27.8. The summed E-state index contributed by atoms with van der Waals surface area (Å²) in [5.41, 5.74) is 0.689. The first-order valence-corrected chi connectivity index (χ1v) is 15.9. The molecule has 8 rings (SSSR count). The molecule has 0 saturated carbocycles. The number of benzene rings is 2. The van der Waals surface area contributed by atoms with Crippen LogP contribution in [-0.2, 0) is 0 Å². The Hall–Kier alpha value is -2.30. The zero-order valence-electron chi connectivity index (χ0n) is 22.3. The molecule has 4 saturated heterocycles. The first-order chi connectivity index (χ1) is 19.9. The minimum absolute atomic E-state index is 0.112. The van der Waals surface area contributed by atoms with Crippen molar-refractivity contribution < 1.29 is 13.5 Å². The van der Waals surface area contributed by atoms with Crippen LogP contribution in [0.1, 0.15) is 32.1 Å². The maximum Gasteiger partial charge on any atom is 0.319 e. The fraction of sp³-hybridized carbons (Fsp3) is 0.467. The van der Waals surface area contributed by atoms with E-state index >= 15 is 4.39 Å². The van der Waals surface area contributed by atoms with E-state index in [2.05, 4.69) is 20.1 Å². The topological polar surface area (TPSA) is 53.5 Å². The van der Waals surface area contributed by atoms with Crippen LogP contribution in [0.3, 0.4) is 0 Å². The molecular formula is C30H29Cl2F2N5OS. The average molecular weight is 617 g/mol. The van der Waals surface area contributed by atoms with Crippen molar-refractivity contribution in [2.24, 2.45) is 0 Å². The van der Waals surface area contributed by atoms with E-state index in [0.717, 1.165) is 55.4 Å². The smallest absolute Gasteiger partial charge is 0.319 e. The van der Waals surface area contributed by atoms with Crippen LogP contribution in [0.4, 0.5) is 14.6 Å². The third-order valence-electron chi connectivity index (χ3n) is 9.41. The van der Waals surface area contributed by atoms with Crippen molar-refractivity contribution in [3.05, 3.63) is 45.5 Å². The lowest BCUT2D eigenvalue weighted by atomic mass is 9.95. The number of hydrogen-bond acceptors (Lipinski definition) is 7. The number of aromatic nitrogens is 2. The third-order valence-corrected chi connectivity index (χ3v) is 11.1. The molecule has 2 aromatic heterocycles. The van der Waals surface area contributed by atoms with E-state index in [9.17, 15) is 4.39 Å². The first-order valence-electron chi connectivity index (χ1n) is 14.3. The van der Waals surface area contributed by atoms with Crippen molar-refractivity contribution in [3.8, 4) is 17.1 Å². The Morgan fingerprint density at radius 1 is 1.12 bits per heavy atom. The summed E-state index contributed by atoms with van der Waals surface area (Å²) < 4.78 is 38.4. The Bertz CT molecular complexity index is 1670. The van der Waals surface area contributed by atoms with Crippen molar-refractivity contribution >= 4 is 61.3 Å². The van der Waals surface area contributed by atoms with Crippen molar-refractivity contribution in [2.75, 3.05) is 37.7 Å². The van der Waals surface area contributed by atoms with Crippen LogP contribution in [0.25, 0.3) is 32.1 Å². The van der Waals surface area contributed by atoms with Crippen LogP contribution < -0.4 is 15.0 Å². The van der Waals surface area contributed by atoms with Crippen LogP contribution >= 0.6 is 34.5 Å². The molecule has 0 spiro atoms. The maximum atomic E-state index is 16.7. The van der Waals surface area contributed by atoms with Gasteiger partial charge in [-0.2, -0.15) is 9.97 Å². The second kappa shape index (κ2) is 9.88. The zero-order chi connectivity index (χ0) is 27.9. The number of ether oxygens (including phenoxy) is 1. The number of thiophene rings is 1. The number of rotatable bonds is 5. The van der Waals surface area contributed by atoms with E-state index in [1.807, 2.05) is 23.6 Å². The van der Waals surface area contributed by atoms with Gasteiger partial charge >= 0.3 is 6.01 Å². The van der Waals surface area contributed by atoms with Gasteiger partial charge in [-0.3, -0.25) is 4.90 Å². The molecule has 0 amide bonds. The molecule has 4 aliphatic heterocycles. The molecule has 2 bridgehead atoms. The summed E-state index contributed by atoms with van der Waals surface area (Å²) in [6.07, 6.45) is 3.65. The van der Waals surface area contributed by atoms with Gasteiger partial charge in [0.05, 0.1) is 15.6 Å². The monoisotopic (exact) mass is 615 g/mol. The van der Waals surface area contributed by atoms with Gasteiger partial charge in [0.1, 0.15) is 24.1 Å². The lowest BCUT2D eigenvalue weighted by Gasteiger charge is -2.34. The average Bonchev–Trinajstić information content (AvgIpc) is 3.70. The summed E-state index contributed by atoms with van der Waals surface area (Å²) in [6, 6.07) is 8.28. The predicted octanol–water partition coefficient (Wildman–Crippen LogP) is 6.85. The molecule has 214 valence electrons. The van der Waals surface area contributed by atoms with Gasteiger partial charge in [0.2, 0.25) is 0 Å². The number of halogens is 4. The third kappa shape index (κ3) is 4.30. The minimum atomic E-state index is -0.864. The molecule has 0 radical (unpaired) electrons. The molecule has 41 heavy (non-hydrogen) atoms. The summed E-state index contributed by atoms with van der Waals surface area (Å²) in [6.45, 7) is 3.09. The molecule has 4 aliphatic rings. The minimum Gasteiger partial charge on any atom is -0.461 e. The predicted molar refractivity (Wildman–Crippen MR) is 161 cm³/mol. The highest BCUT2D eigenvalue weighted by atomic mass is 35.5. The Labute approximate surface area is 250 Å². The Morgan fingerprint density at radius 2 is 1.95 bits per heavy atom. The zero-order valence-corrected chi connectivity index (χ0v) is 24.6. The molecule has 4 fully saturated rings. The van der Waals surface area contributed by atoms with Crippen molar-refractivity contribution in [3.63, 3.8) is 0 Å². The number of hydrogen-bond donors (Lipinski definition) is 1. The molecule has 6 heterocycles. The fourth-order valence-corrected chi connectivity index (χ4v) is 9.12. The second-order valence-electron chi connectivity index (χ2n) is 11.9. The van der Waals surface area contributed by atoms with Gasteiger partial charge in [-0.1, -0.05) is 35.3 Å². The summed E-state index contributed by atoms with van der Waals surface area (Å²) in [4.78, 5) is 13.9. The Morgan fingerprint density at radius 3 is 2.78 bits per heavy atom. The highest BCUT2D eigenvalue weighted by Gasteiger charge is 2.49. The standard InChI is InChI=1S/C30H29Cl2F2N5OS/c31-21-9-20-27(26(34)25(21)19-3-1-4-23-24(19)22(32)14-41-23)36-29(37-28(20)38-12-17-5-6-18(13-38)35-17)40-15-30-7-2-8-39(30)11-16(33)10-30/h1,3-4,9,14,16-18,35H,2,5-8,10-13,15H2/t16-,17?,18?,30+/m1/s1. The highest BCUT2D eigenvalue weighted by Crippen LogP contribution is 2.45. The molecule has 1 N–H and O–H groups in total. The van der Waals surface area contributed by atoms with E-state index in [1.165, 1.54) is 11.3 Å². The maximum absolute atomic E-state index is 16.7. The van der Waals surface area contributed by atoms with Gasteiger partial charge in [0.15, 0.2) is 5.82 Å². The first kappa shape index (κ1) is 26.3. The van der Waals surface area contributed by atoms with E-state index in [-0.39, 0.29) is 34.3 Å². The summed E-state index contributed by atoms with van der Waals surface area (Å²) in [5, 5.41) is 7.66. The highest BCUT2D eigenvalue weighted by molar-refractivity contribution is 7.18. The van der Waals surface area contributed by atoms with Crippen LogP contribution in [0.15, 0.2) is 29.6 Å². The van der Waals surface area contributed by atoms with Gasteiger partial charge in [-0.05, 0) is 49.9 Å². The Kier molecular flexibility index (Phi) is 6.34.